The fourth-order valence-corrected chi connectivity index (χ4v) is 1.63. The molecule has 2 rings (SSSR count). The monoisotopic (exact) mass is 309 g/mol. The van der Waals surface area contributed by atoms with Gasteiger partial charge in [0.15, 0.2) is 0 Å². The van der Waals surface area contributed by atoms with E-state index >= 15 is 0 Å². The number of nitro benzene ring substituents is 1. The molecule has 114 valence electrons. The molecule has 0 aliphatic rings. The molecule has 0 atom stereocenters. The lowest BCUT2D eigenvalue weighted by atomic mass is 10.2. The summed E-state index contributed by atoms with van der Waals surface area (Å²) in [6, 6.07) is 10.1. The second-order valence-corrected chi connectivity index (χ2v) is 4.05. The summed E-state index contributed by atoms with van der Waals surface area (Å²) in [5.41, 5.74) is -0.259. The quantitative estimate of drug-likeness (QED) is 0.366. The van der Waals surface area contributed by atoms with Crippen LogP contribution in [0, 0.1) is 10.1 Å². The van der Waals surface area contributed by atoms with Crippen molar-refractivity contribution in [3.8, 4) is 11.5 Å². The highest BCUT2D eigenvalue weighted by Gasteiger charge is 2.13. The Morgan fingerprint density at radius 2 is 1.77 bits per heavy atom. The number of halogens is 2. The molecule has 0 amide bonds. The fourth-order valence-electron chi connectivity index (χ4n) is 1.63. The third-order valence-electron chi connectivity index (χ3n) is 2.53. The van der Waals surface area contributed by atoms with Crippen LogP contribution in [0.3, 0.4) is 0 Å². The Labute approximate surface area is 123 Å². The molecular formula is C14H9F2NO5. The SMILES string of the molecule is O=C(Oc1cccc([N+](=O)[O-])c1)c1cccc(OC(F)F)c1. The van der Waals surface area contributed by atoms with E-state index in [-0.39, 0.29) is 22.7 Å². The molecule has 0 fully saturated rings. The summed E-state index contributed by atoms with van der Waals surface area (Å²) in [7, 11) is 0. The Bertz CT molecular complexity index is 705. The number of benzene rings is 2. The van der Waals surface area contributed by atoms with Crippen molar-refractivity contribution in [3.05, 3.63) is 64.2 Å². The van der Waals surface area contributed by atoms with Crippen molar-refractivity contribution in [3.63, 3.8) is 0 Å². The van der Waals surface area contributed by atoms with E-state index < -0.39 is 17.5 Å². The number of non-ortho nitro benzene ring substituents is 1. The van der Waals surface area contributed by atoms with Crippen molar-refractivity contribution >= 4 is 11.7 Å². The van der Waals surface area contributed by atoms with E-state index in [4.69, 9.17) is 4.74 Å². The minimum Gasteiger partial charge on any atom is -0.435 e. The lowest BCUT2D eigenvalue weighted by Gasteiger charge is -2.07. The van der Waals surface area contributed by atoms with Gasteiger partial charge >= 0.3 is 12.6 Å². The second kappa shape index (κ2) is 6.61. The van der Waals surface area contributed by atoms with E-state index in [1.807, 2.05) is 0 Å². The van der Waals surface area contributed by atoms with Gasteiger partial charge in [0, 0.05) is 6.07 Å². The number of nitrogens with zero attached hydrogens (tertiary/aromatic N) is 1. The van der Waals surface area contributed by atoms with Crippen LogP contribution in [-0.2, 0) is 0 Å². The lowest BCUT2D eigenvalue weighted by molar-refractivity contribution is -0.384. The van der Waals surface area contributed by atoms with E-state index in [9.17, 15) is 23.7 Å². The molecule has 0 N–H and O–H groups in total. The largest absolute Gasteiger partial charge is 0.435 e. The predicted octanol–water partition coefficient (Wildman–Crippen LogP) is 3.42. The van der Waals surface area contributed by atoms with E-state index in [0.29, 0.717) is 0 Å². The van der Waals surface area contributed by atoms with Gasteiger partial charge in [0.05, 0.1) is 16.6 Å². The molecule has 0 saturated carbocycles. The highest BCUT2D eigenvalue weighted by molar-refractivity contribution is 5.91. The van der Waals surface area contributed by atoms with Crippen molar-refractivity contribution in [1.82, 2.24) is 0 Å². The van der Waals surface area contributed by atoms with Crippen molar-refractivity contribution < 1.29 is 28.0 Å². The van der Waals surface area contributed by atoms with Gasteiger partial charge in [-0.25, -0.2) is 4.79 Å². The van der Waals surface area contributed by atoms with Gasteiger partial charge in [-0.15, -0.1) is 0 Å². The summed E-state index contributed by atoms with van der Waals surface area (Å²) >= 11 is 0. The first-order valence-corrected chi connectivity index (χ1v) is 5.97. The summed E-state index contributed by atoms with van der Waals surface area (Å²) < 4.78 is 33.4. The molecule has 0 heterocycles. The Hall–Kier alpha value is -3.03. The number of carbonyl (C=O) groups is 1. The van der Waals surface area contributed by atoms with Crippen molar-refractivity contribution in [2.45, 2.75) is 6.61 Å². The van der Waals surface area contributed by atoms with Crippen LogP contribution in [0.15, 0.2) is 48.5 Å². The molecule has 0 spiro atoms. The standard InChI is InChI=1S/C14H9F2NO5/c15-14(16)22-11-5-1-3-9(7-11)13(18)21-12-6-2-4-10(8-12)17(19)20/h1-8,14H. The van der Waals surface area contributed by atoms with Crippen LogP contribution in [0.25, 0.3) is 0 Å². The predicted molar refractivity (Wildman–Crippen MR) is 71.1 cm³/mol. The summed E-state index contributed by atoms with van der Waals surface area (Å²) in [5, 5.41) is 10.6. The maximum atomic E-state index is 12.1. The minimum atomic E-state index is -3.01. The van der Waals surface area contributed by atoms with Gasteiger partial charge in [0.25, 0.3) is 5.69 Å². The van der Waals surface area contributed by atoms with Crippen LogP contribution < -0.4 is 9.47 Å². The molecule has 0 saturated heterocycles. The first-order valence-electron chi connectivity index (χ1n) is 5.97. The molecule has 0 radical (unpaired) electrons. The van der Waals surface area contributed by atoms with Gasteiger partial charge in [0.2, 0.25) is 0 Å². The number of hydrogen-bond acceptors (Lipinski definition) is 5. The van der Waals surface area contributed by atoms with E-state index in [1.165, 1.54) is 36.4 Å². The normalized spacial score (nSPS) is 10.3. The first kappa shape index (κ1) is 15.4. The number of hydrogen-bond donors (Lipinski definition) is 0. The van der Waals surface area contributed by atoms with Crippen molar-refractivity contribution in [2.24, 2.45) is 0 Å². The van der Waals surface area contributed by atoms with Gasteiger partial charge in [-0.05, 0) is 24.3 Å². The van der Waals surface area contributed by atoms with Gasteiger partial charge in [-0.2, -0.15) is 8.78 Å². The van der Waals surface area contributed by atoms with E-state index in [2.05, 4.69) is 4.74 Å². The topological polar surface area (TPSA) is 78.7 Å². The van der Waals surface area contributed by atoms with Crippen molar-refractivity contribution in [1.29, 1.82) is 0 Å². The first-order chi connectivity index (χ1) is 10.5. The zero-order chi connectivity index (χ0) is 16.1. The zero-order valence-electron chi connectivity index (χ0n) is 10.9. The molecule has 22 heavy (non-hydrogen) atoms. The number of carbonyl (C=O) groups excluding carboxylic acids is 1. The highest BCUT2D eigenvalue weighted by atomic mass is 19.3. The van der Waals surface area contributed by atoms with Crippen LogP contribution in [0.1, 0.15) is 10.4 Å². The molecule has 2 aromatic rings. The Morgan fingerprint density at radius 1 is 1.09 bits per heavy atom. The molecule has 6 nitrogen and oxygen atoms in total. The number of alkyl halides is 2. The Kier molecular flexibility index (Phi) is 4.62. The molecule has 0 aliphatic heterocycles. The average molecular weight is 309 g/mol. The number of rotatable bonds is 5. The van der Waals surface area contributed by atoms with Gasteiger partial charge in [-0.3, -0.25) is 10.1 Å². The third-order valence-corrected chi connectivity index (χ3v) is 2.53. The zero-order valence-corrected chi connectivity index (χ0v) is 10.9. The summed E-state index contributed by atoms with van der Waals surface area (Å²) in [5.74, 6) is -1.07. The second-order valence-electron chi connectivity index (χ2n) is 4.05. The molecule has 2 aromatic carbocycles. The molecule has 0 aliphatic carbocycles. The van der Waals surface area contributed by atoms with Crippen LogP contribution in [0.5, 0.6) is 11.5 Å². The minimum absolute atomic E-state index is 0.0235. The molecule has 0 bridgehead atoms. The van der Waals surface area contributed by atoms with Crippen LogP contribution in [-0.4, -0.2) is 17.5 Å². The van der Waals surface area contributed by atoms with Crippen LogP contribution >= 0.6 is 0 Å². The average Bonchev–Trinajstić information content (AvgIpc) is 2.47. The highest BCUT2D eigenvalue weighted by Crippen LogP contribution is 2.21. The smallest absolute Gasteiger partial charge is 0.387 e. The maximum Gasteiger partial charge on any atom is 0.387 e. The van der Waals surface area contributed by atoms with Gasteiger partial charge in [0.1, 0.15) is 11.5 Å². The van der Waals surface area contributed by atoms with E-state index in [0.717, 1.165) is 12.1 Å². The number of ether oxygens (including phenoxy) is 2. The summed E-state index contributed by atoms with van der Waals surface area (Å²) in [6.45, 7) is -3.01. The number of esters is 1. The molecule has 8 heteroatoms. The fraction of sp³-hybridized carbons (Fsp3) is 0.0714. The molecule has 0 unspecified atom stereocenters. The summed E-state index contributed by atoms with van der Waals surface area (Å²) in [6.07, 6.45) is 0. The molecule has 0 aromatic heterocycles. The third kappa shape index (κ3) is 3.98. The maximum absolute atomic E-state index is 12.1. The van der Waals surface area contributed by atoms with Gasteiger partial charge in [-0.1, -0.05) is 12.1 Å². The molecular weight excluding hydrogens is 300 g/mol. The van der Waals surface area contributed by atoms with Crippen molar-refractivity contribution in [2.75, 3.05) is 0 Å². The number of nitro groups is 1. The van der Waals surface area contributed by atoms with Gasteiger partial charge < -0.3 is 9.47 Å². The van der Waals surface area contributed by atoms with Crippen LogP contribution in [0.2, 0.25) is 0 Å². The van der Waals surface area contributed by atoms with Crippen LogP contribution in [0.4, 0.5) is 14.5 Å². The Morgan fingerprint density at radius 3 is 2.45 bits per heavy atom. The lowest BCUT2D eigenvalue weighted by Crippen LogP contribution is -2.09. The Balaban J connectivity index is 2.15. The summed E-state index contributed by atoms with van der Waals surface area (Å²) in [4.78, 5) is 21.9. The van der Waals surface area contributed by atoms with E-state index in [1.54, 1.807) is 0 Å².